The van der Waals surface area contributed by atoms with Gasteiger partial charge in [-0.2, -0.15) is 0 Å². The fraction of sp³-hybridized carbons (Fsp3) is 0.600. The minimum absolute atomic E-state index is 0.0821. The first-order chi connectivity index (χ1) is 13.5. The molecule has 0 aromatic carbocycles. The molecule has 0 saturated heterocycles. The highest BCUT2D eigenvalue weighted by atomic mass is 32.1. The second-order valence-electron chi connectivity index (χ2n) is 7.15. The van der Waals surface area contributed by atoms with Crippen molar-refractivity contribution in [1.82, 2.24) is 9.55 Å². The summed E-state index contributed by atoms with van der Waals surface area (Å²) in [5, 5.41) is 1.79. The van der Waals surface area contributed by atoms with Crippen molar-refractivity contribution in [1.29, 1.82) is 0 Å². The zero-order chi connectivity index (χ0) is 20.1. The first-order valence-corrected chi connectivity index (χ1v) is 10.8. The molecule has 152 valence electrons. The summed E-state index contributed by atoms with van der Waals surface area (Å²) >= 11 is 1.21. The van der Waals surface area contributed by atoms with Crippen LogP contribution in [0.4, 0.5) is 0 Å². The number of esters is 2. The summed E-state index contributed by atoms with van der Waals surface area (Å²) < 4.78 is 12.1. The Morgan fingerprint density at radius 2 is 2.07 bits per heavy atom. The third-order valence-electron chi connectivity index (χ3n) is 5.06. The number of fused-ring (bicyclic) bond motifs is 1. The van der Waals surface area contributed by atoms with E-state index in [4.69, 9.17) is 9.47 Å². The van der Waals surface area contributed by atoms with Gasteiger partial charge >= 0.3 is 11.9 Å². The van der Waals surface area contributed by atoms with E-state index in [9.17, 15) is 14.4 Å². The smallest absolute Gasteiger partial charge is 0.339 e. The van der Waals surface area contributed by atoms with E-state index >= 15 is 0 Å². The fourth-order valence-corrected chi connectivity index (χ4v) is 4.18. The summed E-state index contributed by atoms with van der Waals surface area (Å²) in [6.07, 6.45) is 7.94. The van der Waals surface area contributed by atoms with E-state index in [1.165, 1.54) is 28.7 Å². The van der Waals surface area contributed by atoms with Crippen LogP contribution in [0, 0.1) is 0 Å². The maximum atomic E-state index is 13.0. The standard InChI is InChI=1S/C20H26N2O5S/c1-3-4-10-26-20(25)15-11-28-17-16(15)18(23)22(12-21-17)13(2)19(24)27-14-8-6-5-7-9-14/h11-14H,3-10H2,1-2H3. The summed E-state index contributed by atoms with van der Waals surface area (Å²) in [5.74, 6) is -0.980. The molecule has 8 heteroatoms. The van der Waals surface area contributed by atoms with Crippen LogP contribution in [0.5, 0.6) is 0 Å². The molecule has 0 aliphatic heterocycles. The van der Waals surface area contributed by atoms with Gasteiger partial charge in [0.25, 0.3) is 5.56 Å². The lowest BCUT2D eigenvalue weighted by molar-refractivity contribution is -0.154. The van der Waals surface area contributed by atoms with Crippen molar-refractivity contribution in [2.45, 2.75) is 70.9 Å². The number of hydrogen-bond donors (Lipinski definition) is 0. The molecule has 2 heterocycles. The number of nitrogens with zero attached hydrogens (tertiary/aromatic N) is 2. The van der Waals surface area contributed by atoms with Crippen LogP contribution in [-0.2, 0) is 14.3 Å². The van der Waals surface area contributed by atoms with Gasteiger partial charge in [-0.05, 0) is 39.0 Å². The van der Waals surface area contributed by atoms with Gasteiger partial charge in [0.1, 0.15) is 17.0 Å². The SMILES string of the molecule is CCCCOC(=O)c1csc2ncn(C(C)C(=O)OC3CCCCC3)c(=O)c12. The Balaban J connectivity index is 1.82. The molecular formula is C20H26N2O5S. The van der Waals surface area contributed by atoms with Crippen molar-refractivity contribution in [3.05, 3.63) is 27.6 Å². The van der Waals surface area contributed by atoms with Gasteiger partial charge in [0.2, 0.25) is 0 Å². The largest absolute Gasteiger partial charge is 0.462 e. The van der Waals surface area contributed by atoms with Crippen molar-refractivity contribution in [3.8, 4) is 0 Å². The third-order valence-corrected chi connectivity index (χ3v) is 5.95. The molecule has 1 fully saturated rings. The number of rotatable bonds is 7. The molecule has 1 aliphatic carbocycles. The van der Waals surface area contributed by atoms with Crippen LogP contribution in [0.25, 0.3) is 10.2 Å². The van der Waals surface area contributed by atoms with Crippen LogP contribution in [0.15, 0.2) is 16.5 Å². The van der Waals surface area contributed by atoms with E-state index in [-0.39, 0.29) is 17.1 Å². The van der Waals surface area contributed by atoms with Crippen LogP contribution in [0.3, 0.4) is 0 Å². The van der Waals surface area contributed by atoms with Gasteiger partial charge in [0, 0.05) is 5.38 Å². The lowest BCUT2D eigenvalue weighted by Crippen LogP contribution is -2.32. The minimum atomic E-state index is -0.810. The molecular weight excluding hydrogens is 380 g/mol. The van der Waals surface area contributed by atoms with Gasteiger partial charge < -0.3 is 9.47 Å². The first-order valence-electron chi connectivity index (χ1n) is 9.88. The number of carbonyl (C=O) groups excluding carboxylic acids is 2. The molecule has 7 nitrogen and oxygen atoms in total. The molecule has 28 heavy (non-hydrogen) atoms. The van der Waals surface area contributed by atoms with E-state index < -0.39 is 23.5 Å². The average molecular weight is 407 g/mol. The van der Waals surface area contributed by atoms with Crippen molar-refractivity contribution >= 4 is 33.5 Å². The molecule has 1 atom stereocenters. The van der Waals surface area contributed by atoms with Crippen molar-refractivity contribution < 1.29 is 19.1 Å². The quantitative estimate of drug-likeness (QED) is 0.513. The Morgan fingerprint density at radius 3 is 2.79 bits per heavy atom. The predicted molar refractivity (Wildman–Crippen MR) is 107 cm³/mol. The zero-order valence-corrected chi connectivity index (χ0v) is 17.1. The highest BCUT2D eigenvalue weighted by Crippen LogP contribution is 2.24. The highest BCUT2D eigenvalue weighted by molar-refractivity contribution is 7.17. The van der Waals surface area contributed by atoms with E-state index in [1.54, 1.807) is 12.3 Å². The number of unbranched alkanes of at least 4 members (excludes halogenated alkanes) is 1. The molecule has 0 bridgehead atoms. The molecule has 1 saturated carbocycles. The molecule has 1 aliphatic rings. The second-order valence-corrected chi connectivity index (χ2v) is 8.01. The molecule has 3 rings (SSSR count). The Morgan fingerprint density at radius 1 is 1.32 bits per heavy atom. The van der Waals surface area contributed by atoms with Gasteiger partial charge in [-0.25, -0.2) is 14.6 Å². The fourth-order valence-electron chi connectivity index (χ4n) is 3.32. The minimum Gasteiger partial charge on any atom is -0.462 e. The summed E-state index contributed by atoms with van der Waals surface area (Å²) in [6.45, 7) is 3.93. The van der Waals surface area contributed by atoms with Gasteiger partial charge in [0.15, 0.2) is 0 Å². The Hall–Kier alpha value is -2.22. The van der Waals surface area contributed by atoms with E-state index in [1.807, 2.05) is 6.92 Å². The predicted octanol–water partition coefficient (Wildman–Crippen LogP) is 3.85. The van der Waals surface area contributed by atoms with Crippen LogP contribution in [-0.4, -0.2) is 34.2 Å². The number of aromatic nitrogens is 2. The number of ether oxygens (including phenoxy) is 2. The van der Waals surface area contributed by atoms with Crippen molar-refractivity contribution in [2.24, 2.45) is 0 Å². The number of carbonyl (C=O) groups is 2. The third kappa shape index (κ3) is 4.43. The number of thiophene rings is 1. The van der Waals surface area contributed by atoms with Crippen LogP contribution in [0.2, 0.25) is 0 Å². The molecule has 0 N–H and O–H groups in total. The van der Waals surface area contributed by atoms with E-state index in [0.29, 0.717) is 11.4 Å². The van der Waals surface area contributed by atoms with Crippen LogP contribution < -0.4 is 5.56 Å². The van der Waals surface area contributed by atoms with Crippen molar-refractivity contribution in [2.75, 3.05) is 6.61 Å². The molecule has 2 aromatic heterocycles. The lowest BCUT2D eigenvalue weighted by Gasteiger charge is -2.24. The topological polar surface area (TPSA) is 87.5 Å². The second kappa shape index (κ2) is 9.32. The maximum absolute atomic E-state index is 13.0. The van der Waals surface area contributed by atoms with Crippen molar-refractivity contribution in [3.63, 3.8) is 0 Å². The van der Waals surface area contributed by atoms with Gasteiger partial charge in [0.05, 0.1) is 23.9 Å². The lowest BCUT2D eigenvalue weighted by atomic mass is 9.98. The van der Waals surface area contributed by atoms with Gasteiger partial charge in [-0.3, -0.25) is 9.36 Å². The molecule has 2 aromatic rings. The Labute approximate surface area is 167 Å². The van der Waals surface area contributed by atoms with E-state index in [2.05, 4.69) is 4.98 Å². The molecule has 0 radical (unpaired) electrons. The summed E-state index contributed by atoms with van der Waals surface area (Å²) in [6, 6.07) is -0.810. The highest BCUT2D eigenvalue weighted by Gasteiger charge is 2.26. The molecule has 0 spiro atoms. The monoisotopic (exact) mass is 406 g/mol. The van der Waals surface area contributed by atoms with Gasteiger partial charge in [-0.1, -0.05) is 19.8 Å². The first kappa shape index (κ1) is 20.5. The Kier molecular flexibility index (Phi) is 6.83. The summed E-state index contributed by atoms with van der Waals surface area (Å²) in [7, 11) is 0. The van der Waals surface area contributed by atoms with Crippen LogP contribution >= 0.6 is 11.3 Å². The molecule has 1 unspecified atom stereocenters. The average Bonchev–Trinajstić information content (AvgIpc) is 3.14. The normalized spacial score (nSPS) is 16.1. The van der Waals surface area contributed by atoms with Gasteiger partial charge in [-0.15, -0.1) is 11.3 Å². The molecule has 0 amide bonds. The maximum Gasteiger partial charge on any atom is 0.339 e. The van der Waals surface area contributed by atoms with E-state index in [0.717, 1.165) is 38.5 Å². The zero-order valence-electron chi connectivity index (χ0n) is 16.3. The summed E-state index contributed by atoms with van der Waals surface area (Å²) in [4.78, 5) is 42.6. The number of hydrogen-bond acceptors (Lipinski definition) is 7. The Bertz CT molecular complexity index is 898. The summed E-state index contributed by atoms with van der Waals surface area (Å²) in [5.41, 5.74) is -0.224. The van der Waals surface area contributed by atoms with Crippen LogP contribution in [0.1, 0.15) is 75.2 Å².